The molecular formula is C25H25FN4O8S. The van der Waals surface area contributed by atoms with Gasteiger partial charge < -0.3 is 29.7 Å². The average Bonchev–Trinajstić information content (AvgIpc) is 3.34. The number of hydrogen-bond acceptors (Lipinski definition) is 8. The number of fused-ring (bicyclic) bond motifs is 2. The molecule has 206 valence electrons. The molecule has 2 amide bonds. The Kier molecular flexibility index (Phi) is 6.97. The molecule has 0 spiro atoms. The van der Waals surface area contributed by atoms with E-state index in [0.717, 1.165) is 6.07 Å². The van der Waals surface area contributed by atoms with E-state index in [9.17, 15) is 34.2 Å². The van der Waals surface area contributed by atoms with E-state index in [1.165, 1.54) is 28.9 Å². The molecular weight excluding hydrogens is 535 g/mol. The predicted octanol–water partition coefficient (Wildman–Crippen LogP) is 1.81. The number of alkyl carbamates (subject to hydrolysis) is 1. The fraction of sp³-hybridized carbons (Fsp3) is 0.400. The Bertz CT molecular complexity index is 1510. The number of nitrogens with zero attached hydrogens (tertiary/aromatic N) is 3. The molecule has 2 atom stereocenters. The first kappa shape index (κ1) is 26.5. The van der Waals surface area contributed by atoms with Crippen LogP contribution in [0, 0.1) is 5.82 Å². The molecule has 2 fully saturated rings. The molecule has 0 radical (unpaired) electrons. The van der Waals surface area contributed by atoms with Crippen molar-refractivity contribution in [1.29, 1.82) is 0 Å². The molecule has 3 aliphatic heterocycles. The van der Waals surface area contributed by atoms with Gasteiger partial charge in [-0.1, -0.05) is 0 Å². The number of nitrogens with one attached hydrogen (secondary N) is 1. The SMILES string of the molecule is CCn1cc(C(=O)O)c(=O)c2cc(F)c(N3CCC(NC(=O)OCC4=C(C(=O)O)N5C(=O)CC5SC4)C3)cc21. The lowest BCUT2D eigenvalue weighted by atomic mass is 10.1. The first-order valence-electron chi connectivity index (χ1n) is 12.3. The largest absolute Gasteiger partial charge is 0.477 e. The predicted molar refractivity (Wildman–Crippen MR) is 138 cm³/mol. The Morgan fingerprint density at radius 1 is 1.21 bits per heavy atom. The number of aryl methyl sites for hydroxylation is 1. The summed E-state index contributed by atoms with van der Waals surface area (Å²) in [7, 11) is 0. The molecule has 2 unspecified atom stereocenters. The van der Waals surface area contributed by atoms with Crippen molar-refractivity contribution >= 4 is 52.3 Å². The maximum absolute atomic E-state index is 15.1. The van der Waals surface area contributed by atoms with Crippen molar-refractivity contribution in [2.75, 3.05) is 30.3 Å². The molecule has 1 aromatic heterocycles. The van der Waals surface area contributed by atoms with E-state index in [-0.39, 0.29) is 53.7 Å². The summed E-state index contributed by atoms with van der Waals surface area (Å²) >= 11 is 1.42. The highest BCUT2D eigenvalue weighted by atomic mass is 32.2. The maximum Gasteiger partial charge on any atom is 0.407 e. The first-order chi connectivity index (χ1) is 18.6. The van der Waals surface area contributed by atoms with Crippen molar-refractivity contribution < 1.29 is 38.5 Å². The second-order valence-corrected chi connectivity index (χ2v) is 10.6. The Morgan fingerprint density at radius 3 is 2.64 bits per heavy atom. The molecule has 39 heavy (non-hydrogen) atoms. The van der Waals surface area contributed by atoms with Gasteiger partial charge in [-0.3, -0.25) is 14.5 Å². The van der Waals surface area contributed by atoms with E-state index >= 15 is 4.39 Å². The third-order valence-electron chi connectivity index (χ3n) is 7.08. The van der Waals surface area contributed by atoms with Crippen LogP contribution in [0.5, 0.6) is 0 Å². The van der Waals surface area contributed by atoms with Crippen molar-refractivity contribution in [2.45, 2.75) is 37.7 Å². The van der Waals surface area contributed by atoms with Crippen molar-refractivity contribution in [3.8, 4) is 0 Å². The molecule has 5 rings (SSSR count). The molecule has 14 heteroatoms. The standard InChI is InChI=1S/C25H25FN4O8S/c1-2-28-9-15(23(33)34)22(32)14-5-16(26)18(6-17(14)28)29-4-3-13(8-29)27-25(37)38-10-12-11-39-20-7-19(31)30(20)21(12)24(35)36/h5-6,9,13,20H,2-4,7-8,10-11H2,1H3,(H,27,37)(H,33,34)(H,35,36). The third-order valence-corrected chi connectivity index (χ3v) is 8.36. The second-order valence-electron chi connectivity index (χ2n) is 9.43. The Labute approximate surface area is 225 Å². The number of hydrogen-bond donors (Lipinski definition) is 3. The van der Waals surface area contributed by atoms with E-state index in [1.807, 2.05) is 0 Å². The number of ether oxygens (including phenoxy) is 1. The number of rotatable bonds is 7. The third kappa shape index (κ3) is 4.80. The van der Waals surface area contributed by atoms with Gasteiger partial charge in [0.25, 0.3) is 0 Å². The van der Waals surface area contributed by atoms with Crippen molar-refractivity contribution in [1.82, 2.24) is 14.8 Å². The summed E-state index contributed by atoms with van der Waals surface area (Å²) in [5.41, 5.74) is -0.379. The number of carbonyl (C=O) groups is 4. The lowest BCUT2D eigenvalue weighted by Gasteiger charge is -2.43. The molecule has 0 aliphatic carbocycles. The van der Waals surface area contributed by atoms with Crippen molar-refractivity contribution in [3.63, 3.8) is 0 Å². The first-order valence-corrected chi connectivity index (χ1v) is 13.3. The Morgan fingerprint density at radius 2 is 1.97 bits per heavy atom. The fourth-order valence-corrected chi connectivity index (χ4v) is 6.35. The van der Waals surface area contributed by atoms with Gasteiger partial charge in [-0.25, -0.2) is 18.8 Å². The van der Waals surface area contributed by atoms with Crippen LogP contribution in [-0.2, 0) is 20.9 Å². The summed E-state index contributed by atoms with van der Waals surface area (Å²) in [5, 5.41) is 21.4. The lowest BCUT2D eigenvalue weighted by molar-refractivity contribution is -0.146. The van der Waals surface area contributed by atoms with Crippen LogP contribution < -0.4 is 15.6 Å². The minimum atomic E-state index is -1.38. The second kappa shape index (κ2) is 10.2. The fourth-order valence-electron chi connectivity index (χ4n) is 5.10. The van der Waals surface area contributed by atoms with E-state index < -0.39 is 34.8 Å². The summed E-state index contributed by atoms with van der Waals surface area (Å²) in [5.74, 6) is -3.26. The molecule has 1 aromatic carbocycles. The van der Waals surface area contributed by atoms with E-state index in [1.54, 1.807) is 16.4 Å². The van der Waals surface area contributed by atoms with E-state index in [4.69, 9.17) is 4.74 Å². The summed E-state index contributed by atoms with van der Waals surface area (Å²) in [6.45, 7) is 2.52. The number of β-lactam (4-membered cyclic amide) rings is 1. The molecule has 3 N–H and O–H groups in total. The zero-order valence-corrected chi connectivity index (χ0v) is 21.6. The quantitative estimate of drug-likeness (QED) is 0.427. The van der Waals surface area contributed by atoms with Gasteiger partial charge in [0.05, 0.1) is 29.0 Å². The molecule has 3 aliphatic rings. The van der Waals surface area contributed by atoms with Gasteiger partial charge in [-0.2, -0.15) is 0 Å². The topological polar surface area (TPSA) is 158 Å². The highest BCUT2D eigenvalue weighted by Gasteiger charge is 2.45. The maximum atomic E-state index is 15.1. The van der Waals surface area contributed by atoms with Crippen LogP contribution in [-0.4, -0.2) is 80.5 Å². The number of halogens is 1. The monoisotopic (exact) mass is 560 g/mol. The van der Waals surface area contributed by atoms with Crippen LogP contribution in [0.15, 0.2) is 34.4 Å². The summed E-state index contributed by atoms with van der Waals surface area (Å²) in [6.07, 6.45) is 1.24. The molecule has 0 bridgehead atoms. The van der Waals surface area contributed by atoms with Crippen molar-refractivity contribution in [3.05, 3.63) is 51.2 Å². The summed E-state index contributed by atoms with van der Waals surface area (Å²) < 4.78 is 21.9. The van der Waals surface area contributed by atoms with Gasteiger partial charge in [0.1, 0.15) is 23.7 Å². The smallest absolute Gasteiger partial charge is 0.407 e. The van der Waals surface area contributed by atoms with Crippen molar-refractivity contribution in [2.24, 2.45) is 0 Å². The molecule has 0 saturated carbocycles. The number of thioether (sulfide) groups is 1. The van der Waals surface area contributed by atoms with Crippen LogP contribution in [0.4, 0.5) is 14.9 Å². The summed E-state index contributed by atoms with van der Waals surface area (Å²) in [6, 6.07) is 2.17. The number of carboxylic acid groups (broad SMARTS) is 2. The molecule has 2 aromatic rings. The Hall–Kier alpha value is -4.07. The highest BCUT2D eigenvalue weighted by Crippen LogP contribution is 2.40. The van der Waals surface area contributed by atoms with Gasteiger partial charge in [0.15, 0.2) is 0 Å². The Balaban J connectivity index is 1.26. The van der Waals surface area contributed by atoms with Crippen LogP contribution in [0.1, 0.15) is 30.1 Å². The highest BCUT2D eigenvalue weighted by molar-refractivity contribution is 8.00. The number of aromatic carboxylic acids is 1. The number of carboxylic acids is 2. The van der Waals surface area contributed by atoms with Gasteiger partial charge in [0, 0.05) is 42.5 Å². The molecule has 4 heterocycles. The van der Waals surface area contributed by atoms with Crippen LogP contribution >= 0.6 is 11.8 Å². The molecule has 2 saturated heterocycles. The van der Waals surface area contributed by atoms with Gasteiger partial charge >= 0.3 is 18.0 Å². The number of amides is 2. The number of anilines is 1. The normalized spacial score (nSPS) is 20.6. The summed E-state index contributed by atoms with van der Waals surface area (Å²) in [4.78, 5) is 63.0. The number of pyridine rings is 1. The number of benzene rings is 1. The van der Waals surface area contributed by atoms with Crippen LogP contribution in [0.2, 0.25) is 0 Å². The number of carbonyl (C=O) groups excluding carboxylic acids is 2. The van der Waals surface area contributed by atoms with Gasteiger partial charge in [-0.15, -0.1) is 11.8 Å². The lowest BCUT2D eigenvalue weighted by Crippen LogP contribution is -2.54. The minimum absolute atomic E-state index is 0.0300. The van der Waals surface area contributed by atoms with Crippen LogP contribution in [0.3, 0.4) is 0 Å². The van der Waals surface area contributed by atoms with E-state index in [2.05, 4.69) is 5.32 Å². The number of aliphatic carboxylic acids is 1. The van der Waals surface area contributed by atoms with E-state index in [0.29, 0.717) is 36.4 Å². The zero-order valence-electron chi connectivity index (χ0n) is 20.8. The average molecular weight is 561 g/mol. The number of aromatic nitrogens is 1. The van der Waals surface area contributed by atoms with Gasteiger partial charge in [0.2, 0.25) is 11.3 Å². The van der Waals surface area contributed by atoms with Crippen LogP contribution in [0.25, 0.3) is 10.9 Å². The van der Waals surface area contributed by atoms with Gasteiger partial charge in [-0.05, 0) is 25.5 Å². The minimum Gasteiger partial charge on any atom is -0.477 e. The zero-order chi connectivity index (χ0) is 28.0. The molecule has 12 nitrogen and oxygen atoms in total.